The fourth-order valence-corrected chi connectivity index (χ4v) is 3.92. The van der Waals surface area contributed by atoms with E-state index in [1.54, 1.807) is 0 Å². The molecule has 28 heavy (non-hydrogen) atoms. The molecule has 0 N–H and O–H groups in total. The van der Waals surface area contributed by atoms with Crippen molar-refractivity contribution in [1.82, 2.24) is 4.57 Å². The van der Waals surface area contributed by atoms with Crippen molar-refractivity contribution in [2.24, 2.45) is 5.92 Å². The van der Waals surface area contributed by atoms with Crippen LogP contribution in [0.1, 0.15) is 35.5 Å². The lowest BCUT2D eigenvalue weighted by molar-refractivity contribution is -0.104. The fourth-order valence-electron chi connectivity index (χ4n) is 3.39. The van der Waals surface area contributed by atoms with E-state index in [0.29, 0.717) is 23.1 Å². The Kier molecular flexibility index (Phi) is 6.38. The van der Waals surface area contributed by atoms with Crippen LogP contribution in [0.15, 0.2) is 48.0 Å². The number of fused-ring (bicyclic) bond motifs is 2. The van der Waals surface area contributed by atoms with Crippen molar-refractivity contribution in [1.29, 1.82) is 0 Å². The molecule has 3 nitrogen and oxygen atoms in total. The van der Waals surface area contributed by atoms with Gasteiger partial charge in [-0.25, -0.2) is 0 Å². The highest BCUT2D eigenvalue weighted by molar-refractivity contribution is 6.35. The van der Waals surface area contributed by atoms with Crippen molar-refractivity contribution in [3.05, 3.63) is 74.9 Å². The molecule has 0 fully saturated rings. The summed E-state index contributed by atoms with van der Waals surface area (Å²) in [4.78, 5) is 21.5. The second kappa shape index (κ2) is 8.76. The Morgan fingerprint density at radius 2 is 1.75 bits per heavy atom. The summed E-state index contributed by atoms with van der Waals surface area (Å²) in [7, 11) is 0. The Hall–Kier alpha value is -2.36. The van der Waals surface area contributed by atoms with Gasteiger partial charge >= 0.3 is 0 Å². The molecule has 0 atom stereocenters. The van der Waals surface area contributed by atoms with E-state index in [1.165, 1.54) is 0 Å². The third-order valence-corrected chi connectivity index (χ3v) is 5.26. The molecule has 3 aromatic rings. The van der Waals surface area contributed by atoms with Gasteiger partial charge in [-0.15, -0.1) is 0 Å². The van der Waals surface area contributed by atoms with Gasteiger partial charge in [-0.05, 0) is 46.9 Å². The first-order valence-electron chi connectivity index (χ1n) is 9.10. The van der Waals surface area contributed by atoms with Crippen LogP contribution >= 0.6 is 23.2 Å². The molecule has 0 amide bonds. The molecule has 1 aliphatic carbocycles. The number of hydrogen-bond acceptors (Lipinski definition) is 2. The Labute approximate surface area is 174 Å². The van der Waals surface area contributed by atoms with E-state index in [0.717, 1.165) is 51.7 Å². The molecule has 1 aliphatic rings. The molecule has 0 bridgehead atoms. The maximum absolute atomic E-state index is 11.0. The van der Waals surface area contributed by atoms with Crippen LogP contribution in [0.4, 0.5) is 0 Å². The molecule has 0 radical (unpaired) electrons. The van der Waals surface area contributed by atoms with E-state index < -0.39 is 0 Å². The van der Waals surface area contributed by atoms with Gasteiger partial charge in [0.25, 0.3) is 0 Å². The standard InChI is InChI=1S/C13H14ClNO.C10H7ClO/c1-9(2)7-15-11(8-16)6-10-4-3-5-12(14)13(10)15;11-10-3-1-2-8-4-7(6-12)5-9(8)10/h3-6,8-9H,7H2,1-2H3;1-4,6H,5H2. The third-order valence-electron chi connectivity index (χ3n) is 4.60. The summed E-state index contributed by atoms with van der Waals surface area (Å²) < 4.78 is 2.00. The Bertz CT molecular complexity index is 1060. The molecule has 2 aromatic carbocycles. The average Bonchev–Trinajstić information content (AvgIpc) is 3.25. The second-order valence-electron chi connectivity index (χ2n) is 7.19. The van der Waals surface area contributed by atoms with Gasteiger partial charge in [0.05, 0.1) is 16.2 Å². The highest BCUT2D eigenvalue weighted by Crippen LogP contribution is 2.29. The lowest BCUT2D eigenvalue weighted by Crippen LogP contribution is -2.07. The van der Waals surface area contributed by atoms with Gasteiger partial charge in [-0.2, -0.15) is 0 Å². The fraction of sp³-hybridized carbons (Fsp3) is 0.217. The third kappa shape index (κ3) is 4.21. The van der Waals surface area contributed by atoms with Crippen LogP contribution in [0.2, 0.25) is 10.0 Å². The van der Waals surface area contributed by atoms with Crippen molar-refractivity contribution in [2.75, 3.05) is 0 Å². The van der Waals surface area contributed by atoms with Crippen molar-refractivity contribution >= 4 is 52.8 Å². The van der Waals surface area contributed by atoms with Gasteiger partial charge in [-0.1, -0.05) is 61.3 Å². The monoisotopic (exact) mass is 413 g/mol. The minimum absolute atomic E-state index is 0.477. The molecule has 0 unspecified atom stereocenters. The van der Waals surface area contributed by atoms with Crippen LogP contribution in [-0.2, 0) is 17.8 Å². The van der Waals surface area contributed by atoms with Gasteiger partial charge in [0.2, 0.25) is 0 Å². The summed E-state index contributed by atoms with van der Waals surface area (Å²) in [6, 6.07) is 13.3. The molecule has 0 saturated carbocycles. The molecule has 1 heterocycles. The summed E-state index contributed by atoms with van der Waals surface area (Å²) in [5.41, 5.74) is 4.60. The van der Waals surface area contributed by atoms with E-state index in [9.17, 15) is 9.59 Å². The molecular weight excluding hydrogens is 393 g/mol. The number of hydrogen-bond donors (Lipinski definition) is 0. The maximum Gasteiger partial charge on any atom is 0.166 e. The second-order valence-corrected chi connectivity index (χ2v) is 8.01. The lowest BCUT2D eigenvalue weighted by Gasteiger charge is -2.11. The number of benzene rings is 2. The van der Waals surface area contributed by atoms with E-state index in [2.05, 4.69) is 13.8 Å². The Balaban J connectivity index is 0.000000167. The van der Waals surface area contributed by atoms with E-state index in [4.69, 9.17) is 23.2 Å². The first-order valence-corrected chi connectivity index (χ1v) is 9.86. The van der Waals surface area contributed by atoms with E-state index in [1.807, 2.05) is 53.1 Å². The summed E-state index contributed by atoms with van der Waals surface area (Å²) >= 11 is 12.1. The van der Waals surface area contributed by atoms with Crippen LogP contribution in [-0.4, -0.2) is 17.1 Å². The van der Waals surface area contributed by atoms with Crippen molar-refractivity contribution in [2.45, 2.75) is 26.8 Å². The summed E-state index contributed by atoms with van der Waals surface area (Å²) in [5, 5.41) is 2.47. The topological polar surface area (TPSA) is 39.1 Å². The zero-order valence-electron chi connectivity index (χ0n) is 15.8. The minimum Gasteiger partial charge on any atom is -0.337 e. The number of allylic oxidation sites excluding steroid dienone is 1. The number of nitrogens with zero attached hydrogens (tertiary/aromatic N) is 1. The highest BCUT2D eigenvalue weighted by Gasteiger charge is 2.14. The largest absolute Gasteiger partial charge is 0.337 e. The van der Waals surface area contributed by atoms with Gasteiger partial charge in [0.15, 0.2) is 6.29 Å². The highest BCUT2D eigenvalue weighted by atomic mass is 35.5. The zero-order chi connectivity index (χ0) is 20.3. The van der Waals surface area contributed by atoms with Gasteiger partial charge in [0, 0.05) is 23.4 Å². The minimum atomic E-state index is 0.477. The number of rotatable bonds is 4. The number of aromatic nitrogens is 1. The SMILES string of the molecule is CC(C)Cn1c(C=O)cc2cccc(Cl)c21.O=CC1=Cc2cccc(Cl)c2C1. The summed E-state index contributed by atoms with van der Waals surface area (Å²) in [6.07, 6.45) is 4.34. The Morgan fingerprint density at radius 1 is 1.04 bits per heavy atom. The first kappa shape index (κ1) is 20.4. The smallest absolute Gasteiger partial charge is 0.166 e. The molecule has 4 rings (SSSR count). The van der Waals surface area contributed by atoms with E-state index >= 15 is 0 Å². The predicted octanol–water partition coefficient (Wildman–Crippen LogP) is 6.24. The number of para-hydroxylation sites is 1. The number of carbonyl (C=O) groups excluding carboxylic acids is 2. The predicted molar refractivity (Wildman–Crippen MR) is 116 cm³/mol. The number of aldehydes is 2. The Morgan fingerprint density at radius 3 is 2.39 bits per heavy atom. The lowest BCUT2D eigenvalue weighted by atomic mass is 10.1. The van der Waals surface area contributed by atoms with E-state index in [-0.39, 0.29) is 0 Å². The normalized spacial score (nSPS) is 12.4. The number of carbonyl (C=O) groups is 2. The summed E-state index contributed by atoms with van der Waals surface area (Å²) in [5.74, 6) is 0.477. The molecular formula is C23H21Cl2NO2. The van der Waals surface area contributed by atoms with Crippen LogP contribution < -0.4 is 0 Å². The van der Waals surface area contributed by atoms with Crippen molar-refractivity contribution in [3.63, 3.8) is 0 Å². The average molecular weight is 414 g/mol. The van der Waals surface area contributed by atoms with Gasteiger partial charge < -0.3 is 4.57 Å². The molecule has 1 aromatic heterocycles. The van der Waals surface area contributed by atoms with Crippen LogP contribution in [0.5, 0.6) is 0 Å². The quantitative estimate of drug-likeness (QED) is 0.474. The maximum atomic E-state index is 11.0. The van der Waals surface area contributed by atoms with Gasteiger partial charge in [0.1, 0.15) is 6.29 Å². The molecule has 0 aliphatic heterocycles. The summed E-state index contributed by atoms with van der Waals surface area (Å²) in [6.45, 7) is 5.05. The molecule has 5 heteroatoms. The molecule has 0 spiro atoms. The van der Waals surface area contributed by atoms with Crippen LogP contribution in [0, 0.1) is 5.92 Å². The molecule has 144 valence electrons. The van der Waals surface area contributed by atoms with Crippen molar-refractivity contribution < 1.29 is 9.59 Å². The van der Waals surface area contributed by atoms with Gasteiger partial charge in [-0.3, -0.25) is 9.59 Å². The number of halogens is 2. The first-order chi connectivity index (χ1) is 13.4. The van der Waals surface area contributed by atoms with Crippen molar-refractivity contribution in [3.8, 4) is 0 Å². The molecule has 0 saturated heterocycles. The van der Waals surface area contributed by atoms with Crippen LogP contribution in [0.25, 0.3) is 17.0 Å². The van der Waals surface area contributed by atoms with Crippen LogP contribution in [0.3, 0.4) is 0 Å². The zero-order valence-corrected chi connectivity index (χ0v) is 17.3.